The van der Waals surface area contributed by atoms with E-state index in [9.17, 15) is 9.18 Å². The van der Waals surface area contributed by atoms with Crippen LogP contribution < -0.4 is 0 Å². The van der Waals surface area contributed by atoms with Gasteiger partial charge < -0.3 is 4.90 Å². The molecule has 1 aliphatic rings. The molecule has 146 valence electrons. The molecule has 3 heterocycles. The van der Waals surface area contributed by atoms with Crippen LogP contribution in [-0.4, -0.2) is 53.4 Å². The zero-order valence-corrected chi connectivity index (χ0v) is 17.4. The maximum absolute atomic E-state index is 13.1. The second-order valence-electron chi connectivity index (χ2n) is 6.90. The van der Waals surface area contributed by atoms with Crippen molar-refractivity contribution in [3.63, 3.8) is 0 Å². The predicted octanol–water partition coefficient (Wildman–Crippen LogP) is 4.32. The summed E-state index contributed by atoms with van der Waals surface area (Å²) in [6.07, 6.45) is 1.07. The number of halogens is 1. The highest BCUT2D eigenvalue weighted by molar-refractivity contribution is 7.17. The molecule has 3 aromatic rings. The molecule has 1 aliphatic heterocycles. The van der Waals surface area contributed by atoms with Crippen molar-refractivity contribution >= 4 is 28.6 Å². The Morgan fingerprint density at radius 1 is 1.14 bits per heavy atom. The lowest BCUT2D eigenvalue weighted by atomic mass is 10.2. The number of hydrogen-bond donors (Lipinski definition) is 0. The molecule has 4 nitrogen and oxygen atoms in total. The first-order valence-corrected chi connectivity index (χ1v) is 11.1. The summed E-state index contributed by atoms with van der Waals surface area (Å²) in [4.78, 5) is 24.0. The van der Waals surface area contributed by atoms with E-state index in [4.69, 9.17) is 0 Å². The van der Waals surface area contributed by atoms with E-state index in [1.807, 2.05) is 11.8 Å². The summed E-state index contributed by atoms with van der Waals surface area (Å²) in [5.74, 6) is -0.216. The van der Waals surface area contributed by atoms with Crippen LogP contribution >= 0.6 is 22.7 Å². The van der Waals surface area contributed by atoms with Gasteiger partial charge in [0.2, 0.25) is 0 Å². The van der Waals surface area contributed by atoms with E-state index in [0.29, 0.717) is 4.88 Å². The molecule has 0 radical (unpaired) electrons. The van der Waals surface area contributed by atoms with Gasteiger partial charge in [0, 0.05) is 43.2 Å². The lowest BCUT2D eigenvalue weighted by molar-refractivity contribution is 0.0642. The first-order valence-electron chi connectivity index (χ1n) is 9.37. The van der Waals surface area contributed by atoms with E-state index < -0.39 is 0 Å². The van der Waals surface area contributed by atoms with E-state index in [1.54, 1.807) is 23.5 Å². The number of thiazole rings is 1. The molecular formula is C21H22FN3OS2. The maximum Gasteiger partial charge on any atom is 0.265 e. The molecule has 1 aromatic carbocycles. The van der Waals surface area contributed by atoms with Crippen molar-refractivity contribution in [2.24, 2.45) is 0 Å². The van der Waals surface area contributed by atoms with Gasteiger partial charge in [0.1, 0.15) is 15.7 Å². The second kappa shape index (κ2) is 8.51. The molecule has 28 heavy (non-hydrogen) atoms. The summed E-state index contributed by atoms with van der Waals surface area (Å²) in [6.45, 7) is 6.20. The molecule has 2 aromatic heterocycles. The predicted molar refractivity (Wildman–Crippen MR) is 113 cm³/mol. The van der Waals surface area contributed by atoms with Gasteiger partial charge in [0.15, 0.2) is 0 Å². The van der Waals surface area contributed by atoms with E-state index >= 15 is 0 Å². The number of thiophene rings is 1. The number of rotatable bonds is 5. The number of nitrogens with zero attached hydrogens (tertiary/aromatic N) is 3. The summed E-state index contributed by atoms with van der Waals surface area (Å²) in [5.41, 5.74) is 1.58. The number of carbonyl (C=O) groups excluding carboxylic acids is 1. The van der Waals surface area contributed by atoms with Crippen LogP contribution in [0.25, 0.3) is 10.6 Å². The van der Waals surface area contributed by atoms with Crippen molar-refractivity contribution in [2.75, 3.05) is 32.7 Å². The summed E-state index contributed by atoms with van der Waals surface area (Å²) in [5, 5.41) is 2.87. The lowest BCUT2D eigenvalue weighted by Crippen LogP contribution is -2.49. The van der Waals surface area contributed by atoms with Crippen LogP contribution in [0.5, 0.6) is 0 Å². The van der Waals surface area contributed by atoms with E-state index in [0.717, 1.165) is 55.4 Å². The van der Waals surface area contributed by atoms with Crippen molar-refractivity contribution in [2.45, 2.75) is 13.3 Å². The zero-order valence-electron chi connectivity index (χ0n) is 15.7. The minimum atomic E-state index is -0.273. The molecule has 7 heteroatoms. The molecule has 0 N–H and O–H groups in total. The van der Waals surface area contributed by atoms with Crippen molar-refractivity contribution in [1.82, 2.24) is 14.8 Å². The first-order chi connectivity index (χ1) is 13.6. The van der Waals surface area contributed by atoms with E-state index in [-0.39, 0.29) is 11.7 Å². The molecular weight excluding hydrogens is 393 g/mol. The van der Waals surface area contributed by atoms with Gasteiger partial charge in [0.25, 0.3) is 5.91 Å². The third-order valence-corrected chi connectivity index (χ3v) is 7.13. The zero-order chi connectivity index (χ0) is 19.5. The molecule has 0 bridgehead atoms. The second-order valence-corrected chi connectivity index (χ2v) is 8.93. The van der Waals surface area contributed by atoms with Gasteiger partial charge in [0.05, 0.1) is 5.69 Å². The minimum absolute atomic E-state index is 0.0567. The van der Waals surface area contributed by atoms with Gasteiger partial charge in [-0.15, -0.1) is 22.7 Å². The number of carbonyl (C=O) groups is 1. The number of piperazine rings is 1. The molecule has 4 rings (SSSR count). The van der Waals surface area contributed by atoms with Crippen molar-refractivity contribution in [3.05, 3.63) is 63.0 Å². The van der Waals surface area contributed by atoms with Crippen LogP contribution in [0.15, 0.2) is 41.8 Å². The van der Waals surface area contributed by atoms with Gasteiger partial charge in [-0.3, -0.25) is 9.69 Å². The summed E-state index contributed by atoms with van der Waals surface area (Å²) in [6, 6.07) is 10.5. The van der Waals surface area contributed by atoms with E-state index in [1.165, 1.54) is 28.3 Å². The molecule has 0 spiro atoms. The quantitative estimate of drug-likeness (QED) is 0.623. The van der Waals surface area contributed by atoms with E-state index in [2.05, 4.69) is 27.4 Å². The molecule has 1 fully saturated rings. The SMILES string of the molecule is Cc1nc(-c2ccc(F)cc2)sc1C(=O)N1CCN(CCc2cccs2)CC1. The molecule has 0 atom stereocenters. The minimum Gasteiger partial charge on any atom is -0.335 e. The fourth-order valence-electron chi connectivity index (χ4n) is 3.35. The van der Waals surface area contributed by atoms with Crippen LogP contribution in [0.4, 0.5) is 4.39 Å². The topological polar surface area (TPSA) is 36.4 Å². The molecule has 0 aliphatic carbocycles. The smallest absolute Gasteiger partial charge is 0.265 e. The number of amides is 1. The number of benzene rings is 1. The van der Waals surface area contributed by atoms with Crippen molar-refractivity contribution < 1.29 is 9.18 Å². The fourth-order valence-corrected chi connectivity index (χ4v) is 5.09. The number of aromatic nitrogens is 1. The Balaban J connectivity index is 1.37. The van der Waals surface area contributed by atoms with Gasteiger partial charge in [-0.25, -0.2) is 9.37 Å². The standard InChI is InChI=1S/C21H22FN3OS2/c1-15-19(28-20(23-15)16-4-6-17(22)7-5-16)21(26)25-12-10-24(11-13-25)9-8-18-3-2-14-27-18/h2-7,14H,8-13H2,1H3. The summed E-state index contributed by atoms with van der Waals surface area (Å²) in [7, 11) is 0. The van der Waals surface area contributed by atoms with Gasteiger partial charge in [-0.1, -0.05) is 6.07 Å². The Morgan fingerprint density at radius 3 is 2.57 bits per heavy atom. The lowest BCUT2D eigenvalue weighted by Gasteiger charge is -2.34. The average Bonchev–Trinajstić information content (AvgIpc) is 3.36. The third-order valence-electron chi connectivity index (χ3n) is 5.00. The monoisotopic (exact) mass is 415 g/mol. The van der Waals surface area contributed by atoms with Gasteiger partial charge in [-0.2, -0.15) is 0 Å². The molecule has 1 amide bonds. The van der Waals surface area contributed by atoms with Gasteiger partial charge in [-0.05, 0) is 49.1 Å². The van der Waals surface area contributed by atoms with Gasteiger partial charge >= 0.3 is 0 Å². The fraction of sp³-hybridized carbons (Fsp3) is 0.333. The van der Waals surface area contributed by atoms with Crippen molar-refractivity contribution in [3.8, 4) is 10.6 Å². The number of aryl methyl sites for hydroxylation is 1. The van der Waals surface area contributed by atoms with Crippen LogP contribution in [-0.2, 0) is 6.42 Å². The molecule has 1 saturated heterocycles. The van der Waals surface area contributed by atoms with Crippen LogP contribution in [0, 0.1) is 12.7 Å². The highest BCUT2D eigenvalue weighted by atomic mass is 32.1. The third kappa shape index (κ3) is 4.32. The Labute approximate surface area is 172 Å². The maximum atomic E-state index is 13.1. The Kier molecular flexibility index (Phi) is 5.85. The Hall–Kier alpha value is -2.09. The largest absolute Gasteiger partial charge is 0.335 e. The normalized spacial score (nSPS) is 15.1. The van der Waals surface area contributed by atoms with Crippen LogP contribution in [0.3, 0.4) is 0 Å². The Morgan fingerprint density at radius 2 is 1.89 bits per heavy atom. The van der Waals surface area contributed by atoms with Crippen LogP contribution in [0.1, 0.15) is 20.2 Å². The Bertz CT molecular complexity index is 929. The average molecular weight is 416 g/mol. The summed E-state index contributed by atoms with van der Waals surface area (Å²) >= 11 is 3.19. The first kappa shape index (κ1) is 19.2. The molecule has 0 unspecified atom stereocenters. The highest BCUT2D eigenvalue weighted by Gasteiger charge is 2.25. The number of hydrogen-bond acceptors (Lipinski definition) is 5. The van der Waals surface area contributed by atoms with Crippen LogP contribution in [0.2, 0.25) is 0 Å². The highest BCUT2D eigenvalue weighted by Crippen LogP contribution is 2.29. The van der Waals surface area contributed by atoms with Crippen molar-refractivity contribution in [1.29, 1.82) is 0 Å². The summed E-state index contributed by atoms with van der Waals surface area (Å²) < 4.78 is 13.1. The molecule has 0 saturated carbocycles.